The summed E-state index contributed by atoms with van der Waals surface area (Å²) in [6.45, 7) is 3.68. The maximum Gasteiger partial charge on any atom is 0.330 e. The standard InChI is InChI=1S/C17H21NO5S2/c1-5-13-14(24-4)10-15(19)18(16(13)17(20)23-3)25(21,22)12-8-6-11(2)7-9-12/h6-10,13,16H,5H2,1-4H3/t13-,16-/m1/s1. The second kappa shape index (κ2) is 7.61. The van der Waals surface area contributed by atoms with Crippen molar-refractivity contribution in [1.29, 1.82) is 0 Å². The summed E-state index contributed by atoms with van der Waals surface area (Å²) in [4.78, 5) is 25.6. The first-order chi connectivity index (χ1) is 11.8. The molecule has 0 unspecified atom stereocenters. The molecular formula is C17H21NO5S2. The molecule has 1 aliphatic rings. The number of aryl methyl sites for hydroxylation is 1. The Morgan fingerprint density at radius 3 is 2.36 bits per heavy atom. The Balaban J connectivity index is 2.62. The van der Waals surface area contributed by atoms with Crippen molar-refractivity contribution in [1.82, 2.24) is 4.31 Å². The number of esters is 1. The number of methoxy groups -OCH3 is 1. The first kappa shape index (κ1) is 19.5. The minimum absolute atomic E-state index is 0.0313. The van der Waals surface area contributed by atoms with E-state index < -0.39 is 33.9 Å². The number of benzene rings is 1. The Hall–Kier alpha value is -1.80. The van der Waals surface area contributed by atoms with Gasteiger partial charge in [-0.2, -0.15) is 0 Å². The highest BCUT2D eigenvalue weighted by Gasteiger charge is 2.47. The van der Waals surface area contributed by atoms with Gasteiger partial charge in [0.1, 0.15) is 0 Å². The minimum atomic E-state index is -4.18. The largest absolute Gasteiger partial charge is 0.467 e. The highest BCUT2D eigenvalue weighted by molar-refractivity contribution is 8.02. The van der Waals surface area contributed by atoms with Gasteiger partial charge in [-0.15, -0.1) is 11.8 Å². The summed E-state index contributed by atoms with van der Waals surface area (Å²) in [5, 5.41) is 0. The number of carbonyl (C=O) groups excluding carboxylic acids is 2. The Kier molecular flexibility index (Phi) is 5.95. The van der Waals surface area contributed by atoms with Crippen LogP contribution in [0.1, 0.15) is 18.9 Å². The van der Waals surface area contributed by atoms with E-state index in [9.17, 15) is 18.0 Å². The zero-order chi connectivity index (χ0) is 18.8. The number of nitrogens with zero attached hydrogens (tertiary/aromatic N) is 1. The Labute approximate surface area is 152 Å². The van der Waals surface area contributed by atoms with Gasteiger partial charge in [0.2, 0.25) is 0 Å². The molecule has 0 radical (unpaired) electrons. The summed E-state index contributed by atoms with van der Waals surface area (Å²) < 4.78 is 31.6. The Morgan fingerprint density at radius 2 is 1.88 bits per heavy atom. The molecule has 0 bridgehead atoms. The molecule has 2 rings (SSSR count). The zero-order valence-electron chi connectivity index (χ0n) is 14.6. The second-order valence-electron chi connectivity index (χ2n) is 5.69. The lowest BCUT2D eigenvalue weighted by Gasteiger charge is -2.37. The minimum Gasteiger partial charge on any atom is -0.467 e. The van der Waals surface area contributed by atoms with Gasteiger partial charge < -0.3 is 4.74 Å². The molecule has 1 aliphatic heterocycles. The zero-order valence-corrected chi connectivity index (χ0v) is 16.2. The van der Waals surface area contributed by atoms with Gasteiger partial charge in [-0.05, 0) is 36.6 Å². The van der Waals surface area contributed by atoms with Crippen LogP contribution in [0.3, 0.4) is 0 Å². The number of hydrogen-bond donors (Lipinski definition) is 0. The molecule has 2 atom stereocenters. The van der Waals surface area contributed by atoms with Crippen molar-refractivity contribution in [3.63, 3.8) is 0 Å². The summed E-state index contributed by atoms with van der Waals surface area (Å²) in [5.41, 5.74) is 0.893. The number of sulfonamides is 1. The van der Waals surface area contributed by atoms with Gasteiger partial charge in [-0.1, -0.05) is 24.6 Å². The van der Waals surface area contributed by atoms with Crippen LogP contribution in [0.5, 0.6) is 0 Å². The lowest BCUT2D eigenvalue weighted by atomic mass is 9.93. The average molecular weight is 383 g/mol. The van der Waals surface area contributed by atoms with E-state index in [1.807, 2.05) is 13.8 Å². The predicted octanol–water partition coefficient (Wildman–Crippen LogP) is 2.34. The van der Waals surface area contributed by atoms with Crippen LogP contribution in [-0.2, 0) is 24.3 Å². The van der Waals surface area contributed by atoms with Crippen LogP contribution in [0, 0.1) is 12.8 Å². The number of carbonyl (C=O) groups is 2. The summed E-state index contributed by atoms with van der Waals surface area (Å²) in [6, 6.07) is 4.95. The SMILES string of the molecule is CC[C@@H]1C(SC)=CC(=O)N(S(=O)(=O)c2ccc(C)cc2)[C@H]1C(=O)OC. The molecule has 1 amide bonds. The molecule has 0 aromatic heterocycles. The molecule has 25 heavy (non-hydrogen) atoms. The molecule has 136 valence electrons. The van der Waals surface area contributed by atoms with Crippen LogP contribution in [0.2, 0.25) is 0 Å². The van der Waals surface area contributed by atoms with Crippen molar-refractivity contribution in [3.05, 3.63) is 40.8 Å². The molecule has 0 aliphatic carbocycles. The number of rotatable bonds is 5. The maximum absolute atomic E-state index is 13.1. The van der Waals surface area contributed by atoms with E-state index in [1.165, 1.54) is 37.1 Å². The third-order valence-corrected chi connectivity index (χ3v) is 6.86. The summed E-state index contributed by atoms with van der Waals surface area (Å²) >= 11 is 1.34. The summed E-state index contributed by atoms with van der Waals surface area (Å²) in [7, 11) is -2.99. The first-order valence-corrected chi connectivity index (χ1v) is 10.4. The number of amides is 1. The summed E-state index contributed by atoms with van der Waals surface area (Å²) in [5.74, 6) is -1.90. The smallest absolute Gasteiger partial charge is 0.330 e. The van der Waals surface area contributed by atoms with Gasteiger partial charge in [0.25, 0.3) is 15.9 Å². The van der Waals surface area contributed by atoms with Crippen molar-refractivity contribution in [2.45, 2.75) is 31.2 Å². The molecule has 0 N–H and O–H groups in total. The van der Waals surface area contributed by atoms with Crippen molar-refractivity contribution in [3.8, 4) is 0 Å². The van der Waals surface area contributed by atoms with Crippen LogP contribution in [-0.4, -0.2) is 44.0 Å². The topological polar surface area (TPSA) is 80.8 Å². The van der Waals surface area contributed by atoms with Crippen molar-refractivity contribution >= 4 is 33.7 Å². The quantitative estimate of drug-likeness (QED) is 0.726. The van der Waals surface area contributed by atoms with Gasteiger partial charge >= 0.3 is 5.97 Å². The van der Waals surface area contributed by atoms with Crippen molar-refractivity contribution in [2.24, 2.45) is 5.92 Å². The molecule has 8 heteroatoms. The monoisotopic (exact) mass is 383 g/mol. The van der Waals surface area contributed by atoms with Crippen molar-refractivity contribution < 1.29 is 22.7 Å². The van der Waals surface area contributed by atoms with Gasteiger partial charge in [0.15, 0.2) is 6.04 Å². The van der Waals surface area contributed by atoms with Gasteiger partial charge in [-0.25, -0.2) is 17.5 Å². The van der Waals surface area contributed by atoms with Crippen LogP contribution >= 0.6 is 11.8 Å². The fourth-order valence-corrected chi connectivity index (χ4v) is 5.20. The molecule has 6 nitrogen and oxygen atoms in total. The molecule has 1 aromatic carbocycles. The van der Waals surface area contributed by atoms with Gasteiger partial charge in [-0.3, -0.25) is 4.79 Å². The molecule has 0 saturated heterocycles. The average Bonchev–Trinajstić information content (AvgIpc) is 2.59. The predicted molar refractivity (Wildman–Crippen MR) is 96.4 cm³/mol. The molecule has 0 saturated carbocycles. The Morgan fingerprint density at radius 1 is 1.28 bits per heavy atom. The van der Waals surface area contributed by atoms with Crippen molar-refractivity contribution in [2.75, 3.05) is 13.4 Å². The highest BCUT2D eigenvalue weighted by atomic mass is 32.2. The van der Waals surface area contributed by atoms with Crippen LogP contribution in [0.15, 0.2) is 40.1 Å². The summed E-state index contributed by atoms with van der Waals surface area (Å²) in [6.07, 6.45) is 3.59. The third kappa shape index (κ3) is 3.59. The molecule has 0 fully saturated rings. The normalized spacial score (nSPS) is 21.0. The number of hydrogen-bond acceptors (Lipinski definition) is 6. The molecule has 1 aromatic rings. The number of thioether (sulfide) groups is 1. The molecule has 1 heterocycles. The second-order valence-corrected chi connectivity index (χ2v) is 8.38. The molecule has 0 spiro atoms. The Bertz CT molecular complexity index is 799. The van der Waals surface area contributed by atoms with Crippen LogP contribution in [0.25, 0.3) is 0 Å². The van der Waals surface area contributed by atoms with E-state index in [1.54, 1.807) is 18.4 Å². The van der Waals surface area contributed by atoms with E-state index in [0.29, 0.717) is 15.6 Å². The van der Waals surface area contributed by atoms with Crippen LogP contribution < -0.4 is 0 Å². The lowest BCUT2D eigenvalue weighted by Crippen LogP contribution is -2.54. The molecular weight excluding hydrogens is 362 g/mol. The maximum atomic E-state index is 13.1. The van der Waals surface area contributed by atoms with E-state index in [4.69, 9.17) is 4.74 Å². The van der Waals surface area contributed by atoms with Gasteiger partial charge in [0, 0.05) is 12.0 Å². The van der Waals surface area contributed by atoms with E-state index in [0.717, 1.165) is 5.56 Å². The lowest BCUT2D eigenvalue weighted by molar-refractivity contribution is -0.150. The fraction of sp³-hybridized carbons (Fsp3) is 0.412. The first-order valence-electron chi connectivity index (χ1n) is 7.76. The number of ether oxygens (including phenoxy) is 1. The van der Waals surface area contributed by atoms with Gasteiger partial charge in [0.05, 0.1) is 12.0 Å². The third-order valence-electron chi connectivity index (χ3n) is 4.18. The van der Waals surface area contributed by atoms with E-state index in [2.05, 4.69) is 0 Å². The fourth-order valence-electron chi connectivity index (χ4n) is 2.86. The van der Waals surface area contributed by atoms with E-state index in [-0.39, 0.29) is 4.90 Å². The highest BCUT2D eigenvalue weighted by Crippen LogP contribution is 2.37. The van der Waals surface area contributed by atoms with Crippen LogP contribution in [0.4, 0.5) is 0 Å². The van der Waals surface area contributed by atoms with E-state index >= 15 is 0 Å².